The van der Waals surface area contributed by atoms with Gasteiger partial charge in [0.2, 0.25) is 0 Å². The van der Waals surface area contributed by atoms with Gasteiger partial charge in [0, 0.05) is 0 Å². The number of hydrogen-bond donors (Lipinski definition) is 0. The molecule has 1 saturated carbocycles. The smallest absolute Gasteiger partial charge is 0.338 e. The number of likely N-dealkylation sites (tertiary alicyclic amines) is 1. The monoisotopic (exact) mass is 383 g/mol. The number of piperidine rings is 1. The van der Waals surface area contributed by atoms with Crippen molar-refractivity contribution in [3.8, 4) is 5.69 Å². The second kappa shape index (κ2) is 8.39. The van der Waals surface area contributed by atoms with E-state index in [2.05, 4.69) is 20.4 Å². The first kappa shape index (κ1) is 19.1. The molecule has 28 heavy (non-hydrogen) atoms. The van der Waals surface area contributed by atoms with Crippen molar-refractivity contribution in [2.24, 2.45) is 0 Å². The third-order valence-electron chi connectivity index (χ3n) is 6.15. The van der Waals surface area contributed by atoms with E-state index in [1.807, 2.05) is 23.7 Å². The zero-order valence-electron chi connectivity index (χ0n) is 16.6. The molecule has 1 aromatic carbocycles. The molecule has 0 spiro atoms. The van der Waals surface area contributed by atoms with E-state index in [1.165, 1.54) is 38.5 Å². The van der Waals surface area contributed by atoms with E-state index in [4.69, 9.17) is 4.74 Å². The summed E-state index contributed by atoms with van der Waals surface area (Å²) in [4.78, 5) is 14.6. The van der Waals surface area contributed by atoms with Crippen LogP contribution in [0.3, 0.4) is 0 Å². The van der Waals surface area contributed by atoms with E-state index < -0.39 is 0 Å². The van der Waals surface area contributed by atoms with Gasteiger partial charge in [0.05, 0.1) is 23.4 Å². The lowest BCUT2D eigenvalue weighted by Crippen LogP contribution is -2.51. The quantitative estimate of drug-likeness (QED) is 0.736. The Morgan fingerprint density at radius 1 is 1.04 bits per heavy atom. The Bertz CT molecular complexity index is 789. The number of esters is 1. The summed E-state index contributed by atoms with van der Waals surface area (Å²) in [5.41, 5.74) is 1.35. The molecule has 0 amide bonds. The molecule has 0 bridgehead atoms. The Labute approximate surface area is 166 Å². The standard InChI is InChI=1S/C21H29N5O2/c1-2-28-19(27)17-9-11-18(12-10-17)26-20(22-23-24-26)21(13-5-3-6-14-21)25-15-7-4-8-16-25/h9-12H,2-8,13-16H2,1H3. The van der Waals surface area contributed by atoms with Crippen molar-refractivity contribution in [2.75, 3.05) is 19.7 Å². The van der Waals surface area contributed by atoms with Crippen LogP contribution in [0.2, 0.25) is 0 Å². The number of benzene rings is 1. The highest BCUT2D eigenvalue weighted by molar-refractivity contribution is 5.89. The van der Waals surface area contributed by atoms with Crippen LogP contribution in [0.4, 0.5) is 0 Å². The highest BCUT2D eigenvalue weighted by Gasteiger charge is 2.44. The maximum absolute atomic E-state index is 11.9. The fourth-order valence-electron chi connectivity index (χ4n) is 4.74. The van der Waals surface area contributed by atoms with Crippen molar-refractivity contribution in [3.63, 3.8) is 0 Å². The Morgan fingerprint density at radius 3 is 2.39 bits per heavy atom. The Balaban J connectivity index is 1.67. The van der Waals surface area contributed by atoms with Gasteiger partial charge in [-0.05, 0) is 80.4 Å². The van der Waals surface area contributed by atoms with E-state index in [0.717, 1.165) is 37.4 Å². The molecule has 1 saturated heterocycles. The highest BCUT2D eigenvalue weighted by atomic mass is 16.5. The van der Waals surface area contributed by atoms with Gasteiger partial charge in [-0.2, -0.15) is 4.68 Å². The molecule has 7 nitrogen and oxygen atoms in total. The Kier molecular flexibility index (Phi) is 5.71. The largest absolute Gasteiger partial charge is 0.462 e. The van der Waals surface area contributed by atoms with Crippen molar-refractivity contribution in [1.82, 2.24) is 25.1 Å². The number of ether oxygens (including phenoxy) is 1. The first-order valence-corrected chi connectivity index (χ1v) is 10.6. The van der Waals surface area contributed by atoms with E-state index >= 15 is 0 Å². The predicted octanol–water partition coefficient (Wildman–Crippen LogP) is 3.48. The van der Waals surface area contributed by atoms with Gasteiger partial charge in [0.15, 0.2) is 5.82 Å². The number of nitrogens with zero attached hydrogens (tertiary/aromatic N) is 5. The number of carbonyl (C=O) groups excluding carboxylic acids is 1. The van der Waals surface area contributed by atoms with Crippen LogP contribution in [0, 0.1) is 0 Å². The van der Waals surface area contributed by atoms with Gasteiger partial charge < -0.3 is 4.74 Å². The molecule has 1 aliphatic carbocycles. The molecule has 150 valence electrons. The molecule has 1 aliphatic heterocycles. The molecule has 2 aliphatic rings. The first-order chi connectivity index (χ1) is 13.7. The topological polar surface area (TPSA) is 73.1 Å². The van der Waals surface area contributed by atoms with Crippen LogP contribution in [-0.2, 0) is 10.3 Å². The van der Waals surface area contributed by atoms with Crippen LogP contribution in [-0.4, -0.2) is 50.8 Å². The average Bonchev–Trinajstić information content (AvgIpc) is 3.26. The molecule has 2 aromatic rings. The molecular formula is C21H29N5O2. The normalized spacial score (nSPS) is 20.0. The summed E-state index contributed by atoms with van der Waals surface area (Å²) in [6.07, 6.45) is 9.73. The predicted molar refractivity (Wildman–Crippen MR) is 105 cm³/mol. The van der Waals surface area contributed by atoms with Crippen LogP contribution in [0.15, 0.2) is 24.3 Å². The molecule has 0 radical (unpaired) electrons. The fraction of sp³-hybridized carbons (Fsp3) is 0.619. The summed E-state index contributed by atoms with van der Waals surface area (Å²) >= 11 is 0. The van der Waals surface area contributed by atoms with E-state index in [9.17, 15) is 4.79 Å². The van der Waals surface area contributed by atoms with Crippen molar-refractivity contribution in [3.05, 3.63) is 35.7 Å². The molecule has 1 aromatic heterocycles. The minimum atomic E-state index is -0.303. The molecule has 2 heterocycles. The maximum atomic E-state index is 11.9. The minimum Gasteiger partial charge on any atom is -0.462 e. The van der Waals surface area contributed by atoms with Crippen LogP contribution < -0.4 is 0 Å². The molecular weight excluding hydrogens is 354 g/mol. The summed E-state index contributed by atoms with van der Waals surface area (Å²) in [7, 11) is 0. The van der Waals surface area contributed by atoms with Gasteiger partial charge in [-0.3, -0.25) is 4.90 Å². The van der Waals surface area contributed by atoms with Gasteiger partial charge >= 0.3 is 5.97 Å². The van der Waals surface area contributed by atoms with Gasteiger partial charge in [0.25, 0.3) is 0 Å². The number of aromatic nitrogens is 4. The zero-order chi connectivity index (χ0) is 19.4. The third kappa shape index (κ3) is 3.55. The minimum absolute atomic E-state index is 0.0814. The van der Waals surface area contributed by atoms with Crippen molar-refractivity contribution in [1.29, 1.82) is 0 Å². The summed E-state index contributed by atoms with van der Waals surface area (Å²) in [6, 6.07) is 7.37. The van der Waals surface area contributed by atoms with E-state index in [-0.39, 0.29) is 11.5 Å². The van der Waals surface area contributed by atoms with Crippen molar-refractivity contribution < 1.29 is 9.53 Å². The maximum Gasteiger partial charge on any atom is 0.338 e. The number of rotatable bonds is 5. The van der Waals surface area contributed by atoms with E-state index in [0.29, 0.717) is 12.2 Å². The molecule has 7 heteroatoms. The van der Waals surface area contributed by atoms with Gasteiger partial charge in [0.1, 0.15) is 0 Å². The van der Waals surface area contributed by atoms with Gasteiger partial charge in [-0.25, -0.2) is 4.79 Å². The molecule has 0 unspecified atom stereocenters. The highest BCUT2D eigenvalue weighted by Crippen LogP contribution is 2.43. The van der Waals surface area contributed by atoms with Crippen molar-refractivity contribution >= 4 is 5.97 Å². The Morgan fingerprint density at radius 2 is 1.71 bits per heavy atom. The summed E-state index contributed by atoms with van der Waals surface area (Å²) < 4.78 is 6.95. The lowest BCUT2D eigenvalue weighted by Gasteiger charge is -2.47. The third-order valence-corrected chi connectivity index (χ3v) is 6.15. The van der Waals surface area contributed by atoms with Crippen LogP contribution in [0.1, 0.15) is 74.5 Å². The summed E-state index contributed by atoms with van der Waals surface area (Å²) in [5, 5.41) is 12.9. The molecule has 4 rings (SSSR count). The summed E-state index contributed by atoms with van der Waals surface area (Å²) in [5.74, 6) is 0.640. The fourth-order valence-corrected chi connectivity index (χ4v) is 4.74. The SMILES string of the molecule is CCOC(=O)c1ccc(-n2nnnc2C2(N3CCCCC3)CCCCC2)cc1. The average molecular weight is 383 g/mol. The van der Waals surface area contributed by atoms with Crippen LogP contribution in [0.5, 0.6) is 0 Å². The van der Waals surface area contributed by atoms with Crippen LogP contribution in [0.25, 0.3) is 5.69 Å². The lowest BCUT2D eigenvalue weighted by atomic mass is 9.78. The second-order valence-electron chi connectivity index (χ2n) is 7.82. The van der Waals surface area contributed by atoms with Crippen LogP contribution >= 0.6 is 0 Å². The summed E-state index contributed by atoms with van der Waals surface area (Å²) in [6.45, 7) is 4.42. The first-order valence-electron chi connectivity index (χ1n) is 10.6. The van der Waals surface area contributed by atoms with Crippen molar-refractivity contribution in [2.45, 2.75) is 63.8 Å². The molecule has 2 fully saturated rings. The number of hydrogen-bond acceptors (Lipinski definition) is 6. The Hall–Kier alpha value is -2.28. The number of tetrazole rings is 1. The molecule has 0 atom stereocenters. The van der Waals surface area contributed by atoms with Gasteiger partial charge in [-0.1, -0.05) is 25.7 Å². The lowest BCUT2D eigenvalue weighted by molar-refractivity contribution is 0.0213. The molecule has 0 N–H and O–H groups in total. The second-order valence-corrected chi connectivity index (χ2v) is 7.82. The van der Waals surface area contributed by atoms with Gasteiger partial charge in [-0.15, -0.1) is 5.10 Å². The van der Waals surface area contributed by atoms with E-state index in [1.54, 1.807) is 12.1 Å². The zero-order valence-corrected chi connectivity index (χ0v) is 16.6. The number of carbonyl (C=O) groups is 1.